The van der Waals surface area contributed by atoms with Crippen molar-refractivity contribution in [3.8, 4) is 61.3 Å². The van der Waals surface area contributed by atoms with Crippen molar-refractivity contribution in [3.05, 3.63) is 255 Å². The Morgan fingerprint density at radius 1 is 0.258 bits per heavy atom. The molecule has 1 heterocycles. The summed E-state index contributed by atoms with van der Waals surface area (Å²) in [5.41, 5.74) is 18.7. The Hall–Kier alpha value is -8.20. The van der Waals surface area contributed by atoms with Gasteiger partial charge < -0.3 is 9.47 Å². The van der Waals surface area contributed by atoms with E-state index in [1.807, 2.05) is 0 Å². The van der Waals surface area contributed by atoms with Gasteiger partial charge >= 0.3 is 0 Å². The van der Waals surface area contributed by atoms with Gasteiger partial charge in [0.05, 0.1) is 11.0 Å². The monoisotopic (exact) mass is 790 g/mol. The molecular weight excluding hydrogens is 749 g/mol. The van der Waals surface area contributed by atoms with E-state index in [0.29, 0.717) is 0 Å². The fourth-order valence-electron chi connectivity index (χ4n) is 9.07. The van der Waals surface area contributed by atoms with Crippen LogP contribution in [0.5, 0.6) is 0 Å². The lowest BCUT2D eigenvalue weighted by Gasteiger charge is -2.27. The van der Waals surface area contributed by atoms with Crippen LogP contribution >= 0.6 is 0 Å². The van der Waals surface area contributed by atoms with Crippen LogP contribution in [0.2, 0.25) is 0 Å². The molecule has 62 heavy (non-hydrogen) atoms. The molecule has 0 radical (unpaired) electrons. The lowest BCUT2D eigenvalue weighted by atomic mass is 9.87. The fraction of sp³-hybridized carbons (Fsp3) is 0. The Bertz CT molecular complexity index is 3210. The Labute approximate surface area is 362 Å². The highest BCUT2D eigenvalue weighted by molar-refractivity contribution is 6.11. The summed E-state index contributed by atoms with van der Waals surface area (Å²) in [4.78, 5) is 2.37. The summed E-state index contributed by atoms with van der Waals surface area (Å²) in [6, 6.07) is 92.1. The summed E-state index contributed by atoms with van der Waals surface area (Å²) in [7, 11) is 0. The first kappa shape index (κ1) is 36.8. The minimum atomic E-state index is 1.09. The van der Waals surface area contributed by atoms with Crippen LogP contribution in [0.3, 0.4) is 0 Å². The molecule has 10 aromatic carbocycles. The number of hydrogen-bond donors (Lipinski definition) is 0. The maximum Gasteiger partial charge on any atom is 0.0541 e. The molecule has 0 N–H and O–H groups in total. The number of fused-ring (bicyclic) bond motifs is 3. The van der Waals surface area contributed by atoms with Crippen LogP contribution in [0.1, 0.15) is 0 Å². The first-order valence-corrected chi connectivity index (χ1v) is 21.3. The quantitative estimate of drug-likeness (QED) is 0.141. The fourth-order valence-corrected chi connectivity index (χ4v) is 9.07. The van der Waals surface area contributed by atoms with Gasteiger partial charge in [-0.1, -0.05) is 188 Å². The van der Waals surface area contributed by atoms with Crippen molar-refractivity contribution >= 4 is 38.9 Å². The third kappa shape index (κ3) is 6.84. The Morgan fingerprint density at radius 3 is 1.29 bits per heavy atom. The molecule has 0 amide bonds. The van der Waals surface area contributed by atoms with Gasteiger partial charge in [0, 0.05) is 33.5 Å². The van der Waals surface area contributed by atoms with Crippen LogP contribution in [0, 0.1) is 0 Å². The van der Waals surface area contributed by atoms with E-state index in [1.54, 1.807) is 0 Å². The van der Waals surface area contributed by atoms with Gasteiger partial charge in [0.2, 0.25) is 0 Å². The number of para-hydroxylation sites is 2. The van der Waals surface area contributed by atoms with E-state index in [0.717, 1.165) is 28.3 Å². The number of nitrogens with zero attached hydrogens (tertiary/aromatic N) is 2. The molecule has 292 valence electrons. The third-order valence-electron chi connectivity index (χ3n) is 12.0. The van der Waals surface area contributed by atoms with Crippen LogP contribution < -0.4 is 4.90 Å². The van der Waals surface area contributed by atoms with Gasteiger partial charge in [-0.05, 0) is 122 Å². The van der Waals surface area contributed by atoms with E-state index in [-0.39, 0.29) is 0 Å². The van der Waals surface area contributed by atoms with Gasteiger partial charge in [0.1, 0.15) is 0 Å². The normalized spacial score (nSPS) is 11.2. The predicted molar refractivity (Wildman–Crippen MR) is 263 cm³/mol. The Balaban J connectivity index is 1.06. The van der Waals surface area contributed by atoms with Gasteiger partial charge in [-0.3, -0.25) is 0 Å². The van der Waals surface area contributed by atoms with E-state index in [1.165, 1.54) is 71.9 Å². The van der Waals surface area contributed by atoms with Crippen LogP contribution in [0.25, 0.3) is 83.1 Å². The standard InChI is InChI=1S/C60H42N2/c1-5-17-43(18-6-1)45-31-36-51(37-32-45)61(52-38-33-46(34-39-52)44-19-7-2-8-20-44)53-26-15-23-48(41-53)54-28-16-29-55(60(54)47-21-9-3-10-22-47)49-35-40-59-57(42-49)56-27-13-14-30-58(56)62(59)50-24-11-4-12-25-50/h1-42H. The number of benzene rings is 10. The van der Waals surface area contributed by atoms with Crippen LogP contribution in [0.4, 0.5) is 17.1 Å². The van der Waals surface area contributed by atoms with Crippen LogP contribution in [-0.2, 0) is 0 Å². The van der Waals surface area contributed by atoms with E-state index in [4.69, 9.17) is 0 Å². The summed E-state index contributed by atoms with van der Waals surface area (Å²) in [6.07, 6.45) is 0. The Morgan fingerprint density at radius 2 is 0.694 bits per heavy atom. The van der Waals surface area contributed by atoms with Crippen molar-refractivity contribution in [2.24, 2.45) is 0 Å². The molecule has 0 spiro atoms. The minimum Gasteiger partial charge on any atom is -0.310 e. The zero-order valence-corrected chi connectivity index (χ0v) is 34.1. The third-order valence-corrected chi connectivity index (χ3v) is 12.0. The lowest BCUT2D eigenvalue weighted by molar-refractivity contribution is 1.18. The van der Waals surface area contributed by atoms with Gasteiger partial charge in [-0.2, -0.15) is 0 Å². The SMILES string of the molecule is c1ccc(-c2ccc(N(c3ccc(-c4ccccc4)cc3)c3cccc(-c4cccc(-c5ccc6c(c5)c5ccccc5n6-c5ccccc5)c4-c4ccccc4)c3)cc2)cc1. The van der Waals surface area contributed by atoms with Crippen molar-refractivity contribution in [2.75, 3.05) is 4.90 Å². The molecule has 2 heteroatoms. The van der Waals surface area contributed by atoms with Crippen LogP contribution in [-0.4, -0.2) is 4.57 Å². The molecule has 1 aromatic heterocycles. The molecule has 0 bridgehead atoms. The molecule has 0 fully saturated rings. The molecule has 0 atom stereocenters. The highest BCUT2D eigenvalue weighted by Crippen LogP contribution is 2.44. The first-order chi connectivity index (χ1) is 30.8. The van der Waals surface area contributed by atoms with Crippen molar-refractivity contribution in [2.45, 2.75) is 0 Å². The summed E-state index contributed by atoms with van der Waals surface area (Å²) in [5, 5.41) is 2.48. The van der Waals surface area contributed by atoms with Gasteiger partial charge in [0.15, 0.2) is 0 Å². The Kier molecular flexibility index (Phi) is 9.57. The summed E-state index contributed by atoms with van der Waals surface area (Å²) >= 11 is 0. The summed E-state index contributed by atoms with van der Waals surface area (Å²) in [6.45, 7) is 0. The molecule has 0 aliphatic rings. The molecule has 11 aromatic rings. The molecule has 0 aliphatic carbocycles. The maximum absolute atomic E-state index is 2.39. The number of rotatable bonds is 9. The molecule has 0 saturated heterocycles. The largest absolute Gasteiger partial charge is 0.310 e. The molecular formula is C60H42N2. The van der Waals surface area contributed by atoms with E-state index >= 15 is 0 Å². The van der Waals surface area contributed by atoms with E-state index < -0.39 is 0 Å². The second-order valence-electron chi connectivity index (χ2n) is 15.7. The topological polar surface area (TPSA) is 8.17 Å². The molecule has 11 rings (SSSR count). The second-order valence-corrected chi connectivity index (χ2v) is 15.7. The average Bonchev–Trinajstić information content (AvgIpc) is 3.69. The van der Waals surface area contributed by atoms with Crippen LogP contribution in [0.15, 0.2) is 255 Å². The molecule has 0 aliphatic heterocycles. The van der Waals surface area contributed by atoms with E-state index in [9.17, 15) is 0 Å². The van der Waals surface area contributed by atoms with E-state index in [2.05, 4.69) is 264 Å². The predicted octanol–water partition coefficient (Wildman–Crippen LogP) is 16.6. The number of aromatic nitrogens is 1. The van der Waals surface area contributed by atoms with Crippen molar-refractivity contribution in [1.82, 2.24) is 4.57 Å². The highest BCUT2D eigenvalue weighted by Gasteiger charge is 2.19. The zero-order valence-electron chi connectivity index (χ0n) is 34.1. The average molecular weight is 791 g/mol. The minimum absolute atomic E-state index is 1.09. The molecule has 0 saturated carbocycles. The second kappa shape index (κ2) is 16.1. The smallest absolute Gasteiger partial charge is 0.0541 e. The van der Waals surface area contributed by atoms with Gasteiger partial charge in [0.25, 0.3) is 0 Å². The van der Waals surface area contributed by atoms with Gasteiger partial charge in [-0.25, -0.2) is 0 Å². The lowest BCUT2D eigenvalue weighted by Crippen LogP contribution is -2.10. The highest BCUT2D eigenvalue weighted by atomic mass is 15.1. The first-order valence-electron chi connectivity index (χ1n) is 21.3. The number of hydrogen-bond acceptors (Lipinski definition) is 1. The van der Waals surface area contributed by atoms with Crippen molar-refractivity contribution in [3.63, 3.8) is 0 Å². The summed E-state index contributed by atoms with van der Waals surface area (Å²) in [5.74, 6) is 0. The van der Waals surface area contributed by atoms with Crippen molar-refractivity contribution < 1.29 is 0 Å². The van der Waals surface area contributed by atoms with Gasteiger partial charge in [-0.15, -0.1) is 0 Å². The molecule has 0 unspecified atom stereocenters. The van der Waals surface area contributed by atoms with Crippen molar-refractivity contribution in [1.29, 1.82) is 0 Å². The number of anilines is 3. The maximum atomic E-state index is 2.39. The summed E-state index contributed by atoms with van der Waals surface area (Å²) < 4.78 is 2.38. The zero-order chi connectivity index (χ0) is 41.2. The molecule has 2 nitrogen and oxygen atoms in total.